The van der Waals surface area contributed by atoms with Gasteiger partial charge in [-0.25, -0.2) is 0 Å². The number of rotatable bonds is 5. The molecule has 1 saturated heterocycles. The maximum Gasteiger partial charge on any atom is 0.236 e. The molecular weight excluding hydrogens is 306 g/mol. The Morgan fingerprint density at radius 3 is 2.96 bits per heavy atom. The maximum absolute atomic E-state index is 12.6. The van der Waals surface area contributed by atoms with E-state index in [9.17, 15) is 4.79 Å². The van der Waals surface area contributed by atoms with E-state index in [1.54, 1.807) is 24.8 Å². The first-order valence-electron chi connectivity index (χ1n) is 7.95. The molecule has 0 unspecified atom stereocenters. The van der Waals surface area contributed by atoms with Crippen LogP contribution in [0.3, 0.4) is 0 Å². The molecule has 7 heteroatoms. The van der Waals surface area contributed by atoms with Gasteiger partial charge in [-0.3, -0.25) is 24.6 Å². The molecule has 1 aliphatic rings. The summed E-state index contributed by atoms with van der Waals surface area (Å²) in [5.41, 5.74) is 1.85. The van der Waals surface area contributed by atoms with Gasteiger partial charge in [0.25, 0.3) is 0 Å². The van der Waals surface area contributed by atoms with Crippen molar-refractivity contribution in [2.45, 2.75) is 12.6 Å². The van der Waals surface area contributed by atoms with Crippen LogP contribution in [0, 0.1) is 0 Å². The Kier molecular flexibility index (Phi) is 5.45. The minimum absolute atomic E-state index is 0.0959. The molecular formula is C17H21N5O2. The number of carbonyl (C=O) groups is 1. The average Bonchev–Trinajstić information content (AvgIpc) is 2.63. The van der Waals surface area contributed by atoms with Gasteiger partial charge in [-0.2, -0.15) is 0 Å². The highest BCUT2D eigenvalue weighted by Gasteiger charge is 2.26. The summed E-state index contributed by atoms with van der Waals surface area (Å²) in [6.07, 6.45) is 8.31. The highest BCUT2D eigenvalue weighted by Crippen LogP contribution is 2.19. The first-order valence-corrected chi connectivity index (χ1v) is 7.95. The summed E-state index contributed by atoms with van der Waals surface area (Å²) >= 11 is 0. The number of pyridine rings is 1. The van der Waals surface area contributed by atoms with E-state index >= 15 is 0 Å². The van der Waals surface area contributed by atoms with E-state index in [0.717, 1.165) is 11.3 Å². The molecule has 24 heavy (non-hydrogen) atoms. The largest absolute Gasteiger partial charge is 0.368 e. The van der Waals surface area contributed by atoms with Crippen molar-refractivity contribution in [1.29, 1.82) is 0 Å². The third kappa shape index (κ3) is 4.33. The number of hydrogen-bond donors (Lipinski definition) is 0. The summed E-state index contributed by atoms with van der Waals surface area (Å²) in [5, 5.41) is 0. The molecule has 1 amide bonds. The molecule has 126 valence electrons. The maximum atomic E-state index is 12.6. The molecule has 2 aromatic heterocycles. The zero-order chi connectivity index (χ0) is 16.8. The third-order valence-electron chi connectivity index (χ3n) is 3.91. The van der Waals surface area contributed by atoms with Gasteiger partial charge in [0.15, 0.2) is 0 Å². The minimum atomic E-state index is -0.208. The van der Waals surface area contributed by atoms with Gasteiger partial charge in [0.2, 0.25) is 5.91 Å². The molecule has 0 N–H and O–H groups in total. The van der Waals surface area contributed by atoms with Crippen LogP contribution < -0.4 is 0 Å². The van der Waals surface area contributed by atoms with E-state index in [0.29, 0.717) is 32.8 Å². The quantitative estimate of drug-likeness (QED) is 0.813. The Bertz CT molecular complexity index is 653. The Labute approximate surface area is 141 Å². The number of carbonyl (C=O) groups excluding carboxylic acids is 1. The molecule has 0 aliphatic carbocycles. The monoisotopic (exact) mass is 327 g/mol. The molecule has 1 aliphatic heterocycles. The summed E-state index contributed by atoms with van der Waals surface area (Å²) in [4.78, 5) is 28.8. The van der Waals surface area contributed by atoms with Gasteiger partial charge in [0.1, 0.15) is 6.10 Å². The predicted octanol–water partition coefficient (Wildman–Crippen LogP) is 0.903. The lowest BCUT2D eigenvalue weighted by atomic mass is 10.2. The molecule has 7 nitrogen and oxygen atoms in total. The van der Waals surface area contributed by atoms with E-state index in [-0.39, 0.29) is 12.0 Å². The van der Waals surface area contributed by atoms with E-state index < -0.39 is 0 Å². The zero-order valence-corrected chi connectivity index (χ0v) is 13.7. The van der Waals surface area contributed by atoms with Crippen molar-refractivity contribution in [3.05, 3.63) is 54.4 Å². The number of amides is 1. The molecule has 0 radical (unpaired) electrons. The van der Waals surface area contributed by atoms with Crippen LogP contribution in [0.1, 0.15) is 17.4 Å². The Morgan fingerprint density at radius 2 is 2.21 bits per heavy atom. The molecule has 3 heterocycles. The van der Waals surface area contributed by atoms with Crippen LogP contribution in [-0.2, 0) is 16.1 Å². The van der Waals surface area contributed by atoms with Gasteiger partial charge < -0.3 is 9.64 Å². The smallest absolute Gasteiger partial charge is 0.236 e. The van der Waals surface area contributed by atoms with Gasteiger partial charge in [-0.1, -0.05) is 6.07 Å². The number of nitrogens with zero attached hydrogens (tertiary/aromatic N) is 5. The minimum Gasteiger partial charge on any atom is -0.368 e. The fraction of sp³-hybridized carbons (Fsp3) is 0.412. The van der Waals surface area contributed by atoms with Gasteiger partial charge in [-0.05, 0) is 18.7 Å². The molecule has 0 aromatic carbocycles. The lowest BCUT2D eigenvalue weighted by molar-refractivity contribution is -0.140. The van der Waals surface area contributed by atoms with Gasteiger partial charge in [-0.15, -0.1) is 0 Å². The van der Waals surface area contributed by atoms with Crippen molar-refractivity contribution in [3.8, 4) is 0 Å². The number of ether oxygens (including phenoxy) is 1. The lowest BCUT2D eigenvalue weighted by Crippen LogP contribution is -2.46. The van der Waals surface area contributed by atoms with Crippen LogP contribution in [-0.4, -0.2) is 63.9 Å². The van der Waals surface area contributed by atoms with Crippen LogP contribution in [0.15, 0.2) is 43.1 Å². The van der Waals surface area contributed by atoms with Gasteiger partial charge in [0.05, 0.1) is 31.6 Å². The zero-order valence-electron chi connectivity index (χ0n) is 13.7. The van der Waals surface area contributed by atoms with Crippen molar-refractivity contribution in [2.75, 3.05) is 33.3 Å². The molecule has 3 rings (SSSR count). The van der Waals surface area contributed by atoms with Crippen LogP contribution in [0.5, 0.6) is 0 Å². The first-order chi connectivity index (χ1) is 11.7. The van der Waals surface area contributed by atoms with Crippen molar-refractivity contribution in [3.63, 3.8) is 0 Å². The summed E-state index contributed by atoms with van der Waals surface area (Å²) in [7, 11) is 1.94. The van der Waals surface area contributed by atoms with E-state index in [4.69, 9.17) is 4.74 Å². The summed E-state index contributed by atoms with van der Waals surface area (Å²) < 4.78 is 5.73. The van der Waals surface area contributed by atoms with Crippen LogP contribution >= 0.6 is 0 Å². The second kappa shape index (κ2) is 7.94. The van der Waals surface area contributed by atoms with Crippen LogP contribution in [0.25, 0.3) is 0 Å². The molecule has 0 spiro atoms. The van der Waals surface area contributed by atoms with E-state index in [1.165, 1.54) is 0 Å². The number of hydrogen-bond acceptors (Lipinski definition) is 6. The SMILES string of the molecule is CN(CC(=O)N1CCO[C@@H](c2cnccn2)C1)Cc1cccnc1. The number of aromatic nitrogens is 3. The highest BCUT2D eigenvalue weighted by atomic mass is 16.5. The normalized spacial score (nSPS) is 17.9. The fourth-order valence-electron chi connectivity index (χ4n) is 2.72. The van der Waals surface area contributed by atoms with Gasteiger partial charge in [0, 0.05) is 37.9 Å². The Balaban J connectivity index is 1.54. The molecule has 2 aromatic rings. The standard InChI is InChI=1S/C17H21N5O2/c1-21(11-14-3-2-4-18-9-14)13-17(23)22-7-8-24-16(12-22)15-10-19-5-6-20-15/h2-6,9-10,16H,7-8,11-13H2,1H3/t16-/m1/s1. The lowest BCUT2D eigenvalue weighted by Gasteiger charge is -2.33. The predicted molar refractivity (Wildman–Crippen MR) is 87.9 cm³/mol. The first kappa shape index (κ1) is 16.5. The van der Waals surface area contributed by atoms with E-state index in [1.807, 2.05) is 35.2 Å². The van der Waals surface area contributed by atoms with Gasteiger partial charge >= 0.3 is 0 Å². The average molecular weight is 327 g/mol. The van der Waals surface area contributed by atoms with Crippen LogP contribution in [0.4, 0.5) is 0 Å². The number of morpholine rings is 1. The molecule has 1 fully saturated rings. The fourth-order valence-corrected chi connectivity index (χ4v) is 2.72. The van der Waals surface area contributed by atoms with Crippen molar-refractivity contribution >= 4 is 5.91 Å². The topological polar surface area (TPSA) is 71.5 Å². The van der Waals surface area contributed by atoms with Crippen molar-refractivity contribution in [1.82, 2.24) is 24.8 Å². The third-order valence-corrected chi connectivity index (χ3v) is 3.91. The van der Waals surface area contributed by atoms with Crippen molar-refractivity contribution in [2.24, 2.45) is 0 Å². The van der Waals surface area contributed by atoms with E-state index in [2.05, 4.69) is 15.0 Å². The van der Waals surface area contributed by atoms with Crippen LogP contribution in [0.2, 0.25) is 0 Å². The second-order valence-corrected chi connectivity index (χ2v) is 5.86. The second-order valence-electron chi connectivity index (χ2n) is 5.86. The highest BCUT2D eigenvalue weighted by molar-refractivity contribution is 5.78. The summed E-state index contributed by atoms with van der Waals surface area (Å²) in [5.74, 6) is 0.0959. The summed E-state index contributed by atoms with van der Waals surface area (Å²) in [6, 6.07) is 3.91. The van der Waals surface area contributed by atoms with Crippen molar-refractivity contribution < 1.29 is 9.53 Å². The number of likely N-dealkylation sites (N-methyl/N-ethyl adjacent to an activating group) is 1. The summed E-state index contributed by atoms with van der Waals surface area (Å²) in [6.45, 7) is 2.69. The molecule has 0 saturated carbocycles. The Hall–Kier alpha value is -2.38. The Morgan fingerprint density at radius 1 is 1.33 bits per heavy atom. The molecule has 1 atom stereocenters. The molecule has 0 bridgehead atoms.